The van der Waals surface area contributed by atoms with Gasteiger partial charge in [-0.2, -0.15) is 0 Å². The summed E-state index contributed by atoms with van der Waals surface area (Å²) in [6.07, 6.45) is 0.366. The van der Waals surface area contributed by atoms with Crippen molar-refractivity contribution in [3.05, 3.63) is 0 Å². The monoisotopic (exact) mass is 259 g/mol. The maximum absolute atomic E-state index is 11.5. The number of carboxylic acid groups (broad SMARTS) is 1. The Morgan fingerprint density at radius 2 is 2.24 bits per heavy atom. The van der Waals surface area contributed by atoms with Crippen molar-refractivity contribution in [3.63, 3.8) is 0 Å². The molecule has 1 N–H and O–H groups in total. The van der Waals surface area contributed by atoms with E-state index in [1.165, 1.54) is 23.6 Å². The number of carbonyl (C=O) groups excluding carboxylic acids is 2. The highest BCUT2D eigenvalue weighted by Crippen LogP contribution is 2.43. The molecule has 2 fully saturated rings. The van der Waals surface area contributed by atoms with Crippen LogP contribution in [0.25, 0.3) is 0 Å². The first-order valence-corrected chi connectivity index (χ1v) is 6.25. The molecule has 6 nitrogen and oxygen atoms in total. The van der Waals surface area contributed by atoms with E-state index in [4.69, 9.17) is 4.74 Å². The molecule has 2 heterocycles. The van der Waals surface area contributed by atoms with Crippen molar-refractivity contribution < 1.29 is 24.2 Å². The minimum Gasteiger partial charge on any atom is -0.480 e. The summed E-state index contributed by atoms with van der Waals surface area (Å²) < 4.78 is 5.12. The van der Waals surface area contributed by atoms with Crippen molar-refractivity contribution in [1.82, 2.24) is 4.90 Å². The summed E-state index contributed by atoms with van der Waals surface area (Å²) in [4.78, 5) is 35.1. The van der Waals surface area contributed by atoms with Gasteiger partial charge in [-0.1, -0.05) is 0 Å². The maximum atomic E-state index is 11.5. The summed E-state index contributed by atoms with van der Waals surface area (Å²) in [7, 11) is 0. The van der Waals surface area contributed by atoms with Gasteiger partial charge in [0.2, 0.25) is 5.91 Å². The molecule has 0 bridgehead atoms. The van der Waals surface area contributed by atoms with Crippen LogP contribution in [-0.2, 0) is 19.1 Å². The molecule has 7 heteroatoms. The third kappa shape index (κ3) is 1.88. The number of hydrogen-bond acceptors (Lipinski definition) is 5. The van der Waals surface area contributed by atoms with Crippen LogP contribution >= 0.6 is 11.8 Å². The molecule has 0 aromatic carbocycles. The van der Waals surface area contributed by atoms with Crippen molar-refractivity contribution in [2.24, 2.45) is 0 Å². The second-order valence-corrected chi connectivity index (χ2v) is 5.58. The van der Waals surface area contributed by atoms with Gasteiger partial charge in [-0.3, -0.25) is 9.59 Å². The van der Waals surface area contributed by atoms with E-state index in [0.717, 1.165) is 0 Å². The fraction of sp³-hybridized carbons (Fsp3) is 0.700. The first-order valence-electron chi connectivity index (χ1n) is 5.20. The molecule has 17 heavy (non-hydrogen) atoms. The number of carbonyl (C=O) groups is 3. The van der Waals surface area contributed by atoms with E-state index in [-0.39, 0.29) is 11.3 Å². The standard InChI is InChI=1S/C10H13NO5S/c1-5(12)16-10(2)4-17-7-3-6(13)11(7)8(10)9(14)15/h7-8H,3-4H2,1-2H3,(H,14,15)/t7-,8?,10?/m1/s1. The third-order valence-corrected chi connectivity index (χ3v) is 4.50. The quantitative estimate of drug-likeness (QED) is 0.558. The second kappa shape index (κ2) is 3.90. The Morgan fingerprint density at radius 3 is 2.71 bits per heavy atom. The van der Waals surface area contributed by atoms with Crippen LogP contribution in [0.2, 0.25) is 0 Å². The van der Waals surface area contributed by atoms with Crippen molar-refractivity contribution in [2.45, 2.75) is 37.3 Å². The Morgan fingerprint density at radius 1 is 1.59 bits per heavy atom. The molecule has 2 rings (SSSR count). The number of esters is 1. The topological polar surface area (TPSA) is 83.9 Å². The fourth-order valence-electron chi connectivity index (χ4n) is 2.28. The van der Waals surface area contributed by atoms with Crippen molar-refractivity contribution in [3.8, 4) is 0 Å². The number of amides is 1. The van der Waals surface area contributed by atoms with E-state index in [9.17, 15) is 19.5 Å². The van der Waals surface area contributed by atoms with Crippen molar-refractivity contribution in [1.29, 1.82) is 0 Å². The molecular weight excluding hydrogens is 246 g/mol. The molecule has 1 amide bonds. The minimum atomic E-state index is -1.16. The number of rotatable bonds is 2. The molecule has 2 aliphatic heterocycles. The number of carboxylic acids is 1. The average molecular weight is 259 g/mol. The molecule has 2 saturated heterocycles. The highest BCUT2D eigenvalue weighted by Gasteiger charge is 2.58. The summed E-state index contributed by atoms with van der Waals surface area (Å²) in [6.45, 7) is 2.79. The number of nitrogens with zero attached hydrogens (tertiary/aromatic N) is 1. The molecule has 94 valence electrons. The molecule has 0 aromatic heterocycles. The predicted octanol–water partition coefficient (Wildman–Crippen LogP) is 0.0666. The maximum Gasteiger partial charge on any atom is 0.330 e. The van der Waals surface area contributed by atoms with E-state index in [1.807, 2.05) is 0 Å². The van der Waals surface area contributed by atoms with Crippen LogP contribution in [0.4, 0.5) is 0 Å². The van der Waals surface area contributed by atoms with Crippen molar-refractivity contribution in [2.75, 3.05) is 5.75 Å². The molecule has 0 aliphatic carbocycles. The van der Waals surface area contributed by atoms with Gasteiger partial charge < -0.3 is 14.7 Å². The minimum absolute atomic E-state index is 0.0905. The lowest BCUT2D eigenvalue weighted by atomic mass is 9.92. The molecule has 2 unspecified atom stereocenters. The van der Waals surface area contributed by atoms with Crippen LogP contribution in [0.3, 0.4) is 0 Å². The lowest BCUT2D eigenvalue weighted by Gasteiger charge is -2.53. The molecule has 0 radical (unpaired) electrons. The van der Waals surface area contributed by atoms with E-state index >= 15 is 0 Å². The van der Waals surface area contributed by atoms with Gasteiger partial charge >= 0.3 is 11.9 Å². The zero-order chi connectivity index (χ0) is 12.8. The van der Waals surface area contributed by atoms with Gasteiger partial charge in [0, 0.05) is 12.7 Å². The van der Waals surface area contributed by atoms with E-state index in [2.05, 4.69) is 0 Å². The van der Waals surface area contributed by atoms with Gasteiger partial charge in [-0.05, 0) is 6.92 Å². The number of hydrogen-bond donors (Lipinski definition) is 1. The zero-order valence-corrected chi connectivity index (χ0v) is 10.3. The lowest BCUT2D eigenvalue weighted by molar-refractivity contribution is -0.181. The smallest absolute Gasteiger partial charge is 0.330 e. The second-order valence-electron chi connectivity index (χ2n) is 4.42. The number of aliphatic carboxylic acids is 1. The molecule has 0 saturated carbocycles. The summed E-state index contributed by atoms with van der Waals surface area (Å²) in [5.41, 5.74) is -1.16. The third-order valence-electron chi connectivity index (χ3n) is 2.98. The van der Waals surface area contributed by atoms with Crippen LogP contribution in [-0.4, -0.2) is 50.6 Å². The zero-order valence-electron chi connectivity index (χ0n) is 9.50. The van der Waals surface area contributed by atoms with Crippen LogP contribution in [0.5, 0.6) is 0 Å². The lowest BCUT2D eigenvalue weighted by Crippen LogP contribution is -2.70. The summed E-state index contributed by atoms with van der Waals surface area (Å²) in [5, 5.41) is 9.14. The average Bonchev–Trinajstić information content (AvgIpc) is 2.17. The normalized spacial score (nSPS) is 35.9. The van der Waals surface area contributed by atoms with Crippen molar-refractivity contribution >= 4 is 29.6 Å². The van der Waals surface area contributed by atoms with E-state index < -0.39 is 23.6 Å². The Hall–Kier alpha value is -1.24. The highest BCUT2D eigenvalue weighted by atomic mass is 32.2. The van der Waals surface area contributed by atoms with Crippen LogP contribution in [0.1, 0.15) is 20.3 Å². The Labute approximate surface area is 102 Å². The van der Waals surface area contributed by atoms with Gasteiger partial charge in [0.05, 0.1) is 11.8 Å². The highest BCUT2D eigenvalue weighted by molar-refractivity contribution is 8.00. The number of ether oxygens (including phenoxy) is 1. The predicted molar refractivity (Wildman–Crippen MR) is 59.3 cm³/mol. The number of fused-ring (bicyclic) bond motifs is 1. The van der Waals surface area contributed by atoms with Crippen LogP contribution in [0, 0.1) is 0 Å². The number of β-lactam (4-membered cyclic amide) rings is 1. The van der Waals surface area contributed by atoms with Gasteiger partial charge in [0.25, 0.3) is 0 Å². The Balaban J connectivity index is 2.29. The molecule has 2 aliphatic rings. The van der Waals surface area contributed by atoms with Gasteiger partial charge in [0.15, 0.2) is 6.04 Å². The fourth-order valence-corrected chi connectivity index (χ4v) is 3.68. The van der Waals surface area contributed by atoms with Crippen LogP contribution in [0.15, 0.2) is 0 Å². The number of thioether (sulfide) groups is 1. The molecular formula is C10H13NO5S. The SMILES string of the molecule is CC(=O)OC1(C)CS[C@@H]2CC(=O)N2C1C(=O)O. The largest absolute Gasteiger partial charge is 0.480 e. The summed E-state index contributed by atoms with van der Waals surface area (Å²) in [6, 6.07) is -1.08. The van der Waals surface area contributed by atoms with Crippen LogP contribution < -0.4 is 0 Å². The summed E-state index contributed by atoms with van der Waals surface area (Å²) >= 11 is 1.45. The van der Waals surface area contributed by atoms with Gasteiger partial charge in [-0.15, -0.1) is 11.8 Å². The van der Waals surface area contributed by atoms with E-state index in [1.54, 1.807) is 6.92 Å². The Bertz CT molecular complexity index is 398. The summed E-state index contributed by atoms with van der Waals surface area (Å²) in [5.74, 6) is -1.48. The van der Waals surface area contributed by atoms with Gasteiger partial charge in [0.1, 0.15) is 5.60 Å². The molecule has 3 atom stereocenters. The first kappa shape index (κ1) is 12.2. The first-order chi connectivity index (χ1) is 7.85. The molecule has 0 spiro atoms. The Kier molecular flexibility index (Phi) is 2.81. The van der Waals surface area contributed by atoms with E-state index in [0.29, 0.717) is 12.2 Å². The molecule has 0 aromatic rings. The van der Waals surface area contributed by atoms with Gasteiger partial charge in [-0.25, -0.2) is 4.79 Å².